The monoisotopic (exact) mass is 414 g/mol. The number of hydrogen-bond acceptors (Lipinski definition) is 7. The van der Waals surface area contributed by atoms with Gasteiger partial charge in [-0.1, -0.05) is 6.07 Å². The van der Waals surface area contributed by atoms with Crippen LogP contribution < -0.4 is 9.47 Å². The minimum Gasteiger partial charge on any atom is -0.493 e. The summed E-state index contributed by atoms with van der Waals surface area (Å²) in [6.07, 6.45) is -0.550. The van der Waals surface area contributed by atoms with E-state index in [2.05, 4.69) is 0 Å². The number of amides is 2. The van der Waals surface area contributed by atoms with Crippen LogP contribution >= 0.6 is 0 Å². The number of methoxy groups -OCH3 is 1. The molecule has 0 saturated carbocycles. The summed E-state index contributed by atoms with van der Waals surface area (Å²) in [4.78, 5) is 48.5. The molecule has 10 heteroatoms. The third-order valence-electron chi connectivity index (χ3n) is 4.66. The highest BCUT2D eigenvalue weighted by atomic mass is 16.6. The molecule has 3 rings (SSSR count). The van der Waals surface area contributed by atoms with Crippen molar-refractivity contribution in [3.8, 4) is 11.5 Å². The van der Waals surface area contributed by atoms with Gasteiger partial charge in [0.1, 0.15) is 0 Å². The third-order valence-corrected chi connectivity index (χ3v) is 4.66. The molecule has 0 saturated heterocycles. The lowest BCUT2D eigenvalue weighted by molar-refractivity contribution is -0.384. The summed E-state index contributed by atoms with van der Waals surface area (Å²) in [7, 11) is 1.45. The van der Waals surface area contributed by atoms with Crippen molar-refractivity contribution in [3.05, 3.63) is 63.2 Å². The van der Waals surface area contributed by atoms with Crippen molar-refractivity contribution in [1.82, 2.24) is 4.90 Å². The fraction of sp³-hybridized carbons (Fsp3) is 0.250. The second-order valence-electron chi connectivity index (χ2n) is 6.42. The van der Waals surface area contributed by atoms with Gasteiger partial charge in [-0.05, 0) is 30.7 Å². The number of rotatable bonds is 8. The van der Waals surface area contributed by atoms with Gasteiger partial charge in [0.25, 0.3) is 17.5 Å². The van der Waals surface area contributed by atoms with E-state index in [1.165, 1.54) is 19.2 Å². The van der Waals surface area contributed by atoms with Crippen molar-refractivity contribution in [2.24, 2.45) is 0 Å². The molecule has 2 amide bonds. The fourth-order valence-corrected chi connectivity index (χ4v) is 3.34. The van der Waals surface area contributed by atoms with E-state index in [0.717, 1.165) is 17.0 Å². The number of nitro benzene ring substituents is 1. The molecular formula is C20H18N2O8. The number of nitro groups is 1. The first-order chi connectivity index (χ1) is 14.3. The highest BCUT2D eigenvalue weighted by molar-refractivity contribution is 6.22. The predicted octanol–water partition coefficient (Wildman–Crippen LogP) is 2.81. The Morgan fingerprint density at radius 1 is 1.13 bits per heavy atom. The van der Waals surface area contributed by atoms with E-state index in [4.69, 9.17) is 9.47 Å². The Bertz CT molecular complexity index is 1050. The van der Waals surface area contributed by atoms with Crippen LogP contribution in [-0.4, -0.2) is 46.4 Å². The second-order valence-corrected chi connectivity index (χ2v) is 6.42. The number of imide groups is 1. The number of carbonyl (C=O) groups excluding carboxylic acids is 2. The maximum absolute atomic E-state index is 12.9. The maximum Gasteiger partial charge on any atom is 0.305 e. The molecular weight excluding hydrogens is 396 g/mol. The standard InChI is InChI=1S/C20H18N2O8/c1-3-30-17-8-11(4-7-16(17)29-2)15(10-18(23)24)21-19(25)13-6-5-12(22(27)28)9-14(13)20(21)26/h4-9,15H,3,10H2,1-2H3,(H,23,24). The number of nitrogens with zero attached hydrogens (tertiary/aromatic N) is 2. The number of ether oxygens (including phenoxy) is 2. The van der Waals surface area contributed by atoms with E-state index < -0.39 is 35.2 Å². The van der Waals surface area contributed by atoms with Crippen LogP contribution in [0.5, 0.6) is 11.5 Å². The number of carboxylic acids is 1. The van der Waals surface area contributed by atoms with Gasteiger partial charge in [0.15, 0.2) is 11.5 Å². The summed E-state index contributed by atoms with van der Waals surface area (Å²) in [5, 5.41) is 20.4. The quantitative estimate of drug-likeness (QED) is 0.396. The highest BCUT2D eigenvalue weighted by Gasteiger charge is 2.42. The molecule has 30 heavy (non-hydrogen) atoms. The van der Waals surface area contributed by atoms with E-state index in [1.54, 1.807) is 19.1 Å². The molecule has 0 fully saturated rings. The van der Waals surface area contributed by atoms with Crippen LogP contribution in [0.25, 0.3) is 0 Å². The molecule has 1 N–H and O–H groups in total. The molecule has 1 atom stereocenters. The van der Waals surface area contributed by atoms with Gasteiger partial charge in [0.2, 0.25) is 0 Å². The molecule has 0 radical (unpaired) electrons. The molecule has 10 nitrogen and oxygen atoms in total. The number of fused-ring (bicyclic) bond motifs is 1. The maximum atomic E-state index is 12.9. The van der Waals surface area contributed by atoms with Crippen molar-refractivity contribution in [2.45, 2.75) is 19.4 Å². The van der Waals surface area contributed by atoms with Gasteiger partial charge < -0.3 is 14.6 Å². The number of carboxylic acid groups (broad SMARTS) is 1. The van der Waals surface area contributed by atoms with Crippen molar-refractivity contribution in [2.75, 3.05) is 13.7 Å². The summed E-state index contributed by atoms with van der Waals surface area (Å²) >= 11 is 0. The zero-order valence-electron chi connectivity index (χ0n) is 16.2. The lowest BCUT2D eigenvalue weighted by Gasteiger charge is -2.26. The van der Waals surface area contributed by atoms with Crippen LogP contribution in [0.2, 0.25) is 0 Å². The first kappa shape index (κ1) is 20.8. The van der Waals surface area contributed by atoms with E-state index in [1.807, 2.05) is 0 Å². The summed E-state index contributed by atoms with van der Waals surface area (Å²) in [5.74, 6) is -1.99. The SMILES string of the molecule is CCOc1cc(C(CC(=O)O)N2C(=O)c3ccc([N+](=O)[O-])cc3C2=O)ccc1OC. The molecule has 1 aliphatic rings. The van der Waals surface area contributed by atoms with E-state index >= 15 is 0 Å². The summed E-state index contributed by atoms with van der Waals surface area (Å²) in [6.45, 7) is 2.08. The Morgan fingerprint density at radius 2 is 1.83 bits per heavy atom. The molecule has 0 spiro atoms. The molecule has 0 aliphatic carbocycles. The van der Waals surface area contributed by atoms with Gasteiger partial charge in [0, 0.05) is 12.1 Å². The predicted molar refractivity (Wildman–Crippen MR) is 103 cm³/mol. The molecule has 2 aromatic rings. The molecule has 1 heterocycles. The Labute approximate surface area is 170 Å². The number of aliphatic carboxylic acids is 1. The van der Waals surface area contributed by atoms with Gasteiger partial charge in [-0.2, -0.15) is 0 Å². The minimum atomic E-state index is -1.23. The van der Waals surface area contributed by atoms with E-state index in [9.17, 15) is 29.6 Å². The zero-order valence-corrected chi connectivity index (χ0v) is 16.2. The Kier molecular flexibility index (Phi) is 5.67. The van der Waals surface area contributed by atoms with Crippen molar-refractivity contribution >= 4 is 23.5 Å². The summed E-state index contributed by atoms with van der Waals surface area (Å²) in [5.41, 5.74) is -0.136. The molecule has 1 unspecified atom stereocenters. The van der Waals surface area contributed by atoms with E-state index in [0.29, 0.717) is 23.7 Å². The van der Waals surface area contributed by atoms with Crippen molar-refractivity contribution in [1.29, 1.82) is 0 Å². The molecule has 0 aromatic heterocycles. The number of non-ortho nitro benzene ring substituents is 1. The van der Waals surface area contributed by atoms with Crippen LogP contribution in [0.4, 0.5) is 5.69 Å². The van der Waals surface area contributed by atoms with Gasteiger partial charge in [-0.25, -0.2) is 0 Å². The largest absolute Gasteiger partial charge is 0.493 e. The van der Waals surface area contributed by atoms with Crippen LogP contribution in [0, 0.1) is 10.1 Å². The first-order valence-electron chi connectivity index (χ1n) is 8.97. The number of benzene rings is 2. The number of hydrogen-bond donors (Lipinski definition) is 1. The summed E-state index contributed by atoms with van der Waals surface area (Å²) in [6, 6.07) is 6.82. The lowest BCUT2D eigenvalue weighted by atomic mass is 10.0. The van der Waals surface area contributed by atoms with E-state index in [-0.39, 0.29) is 16.8 Å². The smallest absolute Gasteiger partial charge is 0.305 e. The molecule has 0 bridgehead atoms. The van der Waals surface area contributed by atoms with Crippen LogP contribution in [0.15, 0.2) is 36.4 Å². The summed E-state index contributed by atoms with van der Waals surface area (Å²) < 4.78 is 10.7. The Hall–Kier alpha value is -3.95. The van der Waals surface area contributed by atoms with Crippen LogP contribution in [0.1, 0.15) is 45.7 Å². The van der Waals surface area contributed by atoms with Crippen molar-refractivity contribution in [3.63, 3.8) is 0 Å². The molecule has 156 valence electrons. The Balaban J connectivity index is 2.07. The molecule has 2 aromatic carbocycles. The van der Waals surface area contributed by atoms with Crippen LogP contribution in [-0.2, 0) is 4.79 Å². The van der Waals surface area contributed by atoms with Gasteiger partial charge in [-0.3, -0.25) is 29.4 Å². The van der Waals surface area contributed by atoms with Gasteiger partial charge >= 0.3 is 5.97 Å². The average Bonchev–Trinajstić information content (AvgIpc) is 2.96. The van der Waals surface area contributed by atoms with Gasteiger partial charge in [0.05, 0.1) is 42.2 Å². The number of carbonyl (C=O) groups is 3. The fourth-order valence-electron chi connectivity index (χ4n) is 3.34. The highest BCUT2D eigenvalue weighted by Crippen LogP contribution is 2.38. The topological polar surface area (TPSA) is 136 Å². The van der Waals surface area contributed by atoms with Gasteiger partial charge in [-0.15, -0.1) is 0 Å². The molecule has 1 aliphatic heterocycles. The van der Waals surface area contributed by atoms with Crippen molar-refractivity contribution < 1.29 is 33.9 Å². The normalized spacial score (nSPS) is 13.7. The minimum absolute atomic E-state index is 0.0143. The van der Waals surface area contributed by atoms with Crippen LogP contribution in [0.3, 0.4) is 0 Å². The second kappa shape index (κ2) is 8.19. The zero-order chi connectivity index (χ0) is 22.0. The Morgan fingerprint density at radius 3 is 2.43 bits per heavy atom. The first-order valence-corrected chi connectivity index (χ1v) is 8.97. The third kappa shape index (κ3) is 3.66. The lowest BCUT2D eigenvalue weighted by Crippen LogP contribution is -2.35. The average molecular weight is 414 g/mol.